The lowest BCUT2D eigenvalue weighted by molar-refractivity contribution is -0.142. The molecule has 0 saturated carbocycles. The van der Waals surface area contributed by atoms with Crippen LogP contribution < -0.4 is 54.4 Å². The SMILES string of the molecule is CC(C)C[C@@H]1NC(=O)[C@H](Cc2ccccc2)NC(=O)[C@H](Cc2ccc(O)cc2)NC(=O)[C@H](O)CSSC[C@@H](C(=O)N2CCC[C@H]2C(=O)N[C@@H](CCCCN)C(=O)NCC(N)=O)NC(=O)[C@H](CC(N)=O)NC1=O. The number of amides is 10. The first kappa shape index (κ1) is 58.1. The van der Waals surface area contributed by atoms with Gasteiger partial charge < -0.3 is 69.5 Å². The van der Waals surface area contributed by atoms with Gasteiger partial charge in [-0.15, -0.1) is 0 Å². The summed E-state index contributed by atoms with van der Waals surface area (Å²) in [5.74, 6) is -9.26. The van der Waals surface area contributed by atoms with Crippen molar-refractivity contribution in [3.8, 4) is 5.75 Å². The maximum atomic E-state index is 14.6. The van der Waals surface area contributed by atoms with E-state index in [-0.39, 0.29) is 61.8 Å². The minimum atomic E-state index is -1.73. The molecule has 10 amide bonds. The number of likely N-dealkylation sites (tertiary alicyclic amines) is 1. The van der Waals surface area contributed by atoms with E-state index in [1.165, 1.54) is 29.2 Å². The van der Waals surface area contributed by atoms with Gasteiger partial charge in [0, 0.05) is 30.9 Å². The normalized spacial score (nSPS) is 23.3. The third kappa shape index (κ3) is 19.0. The third-order valence-electron chi connectivity index (χ3n) is 11.6. The van der Waals surface area contributed by atoms with Gasteiger partial charge in [-0.25, -0.2) is 0 Å². The molecule has 0 bridgehead atoms. The number of unbranched alkanes of at least 4 members (excludes halogenated alkanes) is 1. The second-order valence-electron chi connectivity index (χ2n) is 18.0. The van der Waals surface area contributed by atoms with Crippen LogP contribution in [0, 0.1) is 5.92 Å². The molecule has 25 heteroatoms. The lowest BCUT2D eigenvalue weighted by Gasteiger charge is -2.31. The average molecular weight is 1040 g/mol. The van der Waals surface area contributed by atoms with Gasteiger partial charge in [0.25, 0.3) is 0 Å². The van der Waals surface area contributed by atoms with Crippen LogP contribution in [0.1, 0.15) is 69.9 Å². The highest BCUT2D eigenvalue weighted by Gasteiger charge is 2.40. The Bertz CT molecular complexity index is 2230. The molecule has 15 N–H and O–H groups in total. The molecule has 8 atom stereocenters. The minimum absolute atomic E-state index is 0.0139. The molecule has 0 radical (unpaired) electrons. The molecule has 2 saturated heterocycles. The Morgan fingerprint density at radius 3 is 1.92 bits per heavy atom. The lowest BCUT2D eigenvalue weighted by atomic mass is 9.99. The standard InChI is InChI=1S/C47H67N11O12S2/c1-26(2)19-31-41(64)55-34(22-38(49)61)44(67)57-35(47(70)58-18-8-12-36(58)45(68)52-30(11-6-7-17-48)40(63)51-23-39(50)62)24-71-72-25-37(60)46(69)56-33(21-28-13-15-29(59)16-14-28)43(66)54-32(42(65)53-31)20-27-9-4-3-5-10-27/h3-5,9-10,13-16,26,30-37,59-60H,6-8,11-12,17-25,48H2,1-2H3,(H2,49,61)(H2,50,62)(H,51,63)(H,52,68)(H,53,65)(H,54,66)(H,55,64)(H,56,69)(H,57,67)/t30-,31-,32-,33-,34-,35-,36-,37+/m0/s1. The van der Waals surface area contributed by atoms with Crippen LogP contribution in [0.25, 0.3) is 0 Å². The van der Waals surface area contributed by atoms with Crippen molar-refractivity contribution in [3.05, 3.63) is 65.7 Å². The van der Waals surface area contributed by atoms with Gasteiger partial charge in [0.15, 0.2) is 0 Å². The number of nitrogens with two attached hydrogens (primary N) is 3. The predicted octanol–water partition coefficient (Wildman–Crippen LogP) is -2.51. The summed E-state index contributed by atoms with van der Waals surface area (Å²) < 4.78 is 0. The molecule has 2 fully saturated rings. The molecule has 23 nitrogen and oxygen atoms in total. The van der Waals surface area contributed by atoms with Crippen molar-refractivity contribution in [3.63, 3.8) is 0 Å². The van der Waals surface area contributed by atoms with E-state index in [1.54, 1.807) is 44.2 Å². The summed E-state index contributed by atoms with van der Waals surface area (Å²) >= 11 is 0. The molecule has 2 aliphatic rings. The number of aliphatic hydroxyl groups excluding tert-OH is 1. The zero-order valence-corrected chi connectivity index (χ0v) is 41.9. The first-order valence-corrected chi connectivity index (χ1v) is 26.2. The van der Waals surface area contributed by atoms with Gasteiger partial charge in [-0.1, -0.05) is 77.9 Å². The lowest BCUT2D eigenvalue weighted by Crippen LogP contribution is -2.61. The number of nitrogens with zero attached hydrogens (tertiary/aromatic N) is 1. The zero-order chi connectivity index (χ0) is 52.9. The van der Waals surface area contributed by atoms with Crippen LogP contribution in [-0.2, 0) is 60.8 Å². The maximum absolute atomic E-state index is 14.6. The fourth-order valence-corrected chi connectivity index (χ4v) is 10.1. The Morgan fingerprint density at radius 1 is 0.736 bits per heavy atom. The number of phenols is 1. The molecule has 0 unspecified atom stereocenters. The van der Waals surface area contributed by atoms with Gasteiger partial charge in [0.2, 0.25) is 59.1 Å². The summed E-state index contributed by atoms with van der Waals surface area (Å²) in [4.78, 5) is 137. The van der Waals surface area contributed by atoms with Gasteiger partial charge in [-0.3, -0.25) is 47.9 Å². The molecule has 2 aliphatic heterocycles. The van der Waals surface area contributed by atoms with Crippen molar-refractivity contribution >= 4 is 80.7 Å². The van der Waals surface area contributed by atoms with Crippen LogP contribution in [0.2, 0.25) is 0 Å². The predicted molar refractivity (Wildman–Crippen MR) is 268 cm³/mol. The zero-order valence-electron chi connectivity index (χ0n) is 40.3. The first-order chi connectivity index (χ1) is 34.3. The van der Waals surface area contributed by atoms with Crippen LogP contribution in [0.15, 0.2) is 54.6 Å². The summed E-state index contributed by atoms with van der Waals surface area (Å²) in [6.07, 6.45) is -1.03. The second-order valence-corrected chi connectivity index (χ2v) is 20.5. The number of carbonyl (C=O) groups is 10. The van der Waals surface area contributed by atoms with Crippen molar-refractivity contribution in [2.24, 2.45) is 23.1 Å². The van der Waals surface area contributed by atoms with Crippen molar-refractivity contribution in [2.45, 2.75) is 120 Å². The Kier molecular flexibility index (Phi) is 23.6. The number of aliphatic hydroxyl groups is 1. The van der Waals surface area contributed by atoms with E-state index in [4.69, 9.17) is 17.2 Å². The molecule has 2 aromatic carbocycles. The summed E-state index contributed by atoms with van der Waals surface area (Å²) in [5, 5.41) is 39.1. The minimum Gasteiger partial charge on any atom is -0.508 e. The number of carbonyl (C=O) groups excluding carboxylic acids is 10. The second kappa shape index (κ2) is 29.2. The highest BCUT2D eigenvalue weighted by atomic mass is 33.1. The Morgan fingerprint density at radius 2 is 1.31 bits per heavy atom. The Balaban J connectivity index is 1.70. The molecule has 4 rings (SSSR count). The largest absolute Gasteiger partial charge is 0.508 e. The summed E-state index contributed by atoms with van der Waals surface area (Å²) in [5.41, 5.74) is 17.5. The quantitative estimate of drug-likeness (QED) is 0.0542. The number of aromatic hydroxyl groups is 1. The first-order valence-electron chi connectivity index (χ1n) is 23.7. The number of phenolic OH excluding ortho intramolecular Hbond substituents is 1. The van der Waals surface area contributed by atoms with Gasteiger partial charge in [0.1, 0.15) is 54.1 Å². The topological polar surface area (TPSA) is 377 Å². The molecule has 394 valence electrons. The fraction of sp³-hybridized carbons (Fsp3) is 0.532. The third-order valence-corrected chi connectivity index (χ3v) is 14.0. The molecule has 0 aliphatic carbocycles. The summed E-state index contributed by atoms with van der Waals surface area (Å²) in [6, 6.07) is 5.04. The number of nitrogens with one attached hydrogen (secondary N) is 7. The maximum Gasteiger partial charge on any atom is 0.250 e. The van der Waals surface area contributed by atoms with Gasteiger partial charge in [0.05, 0.1) is 13.0 Å². The molecule has 2 aromatic rings. The molecule has 0 aromatic heterocycles. The van der Waals surface area contributed by atoms with E-state index in [9.17, 15) is 58.2 Å². The van der Waals surface area contributed by atoms with Crippen molar-refractivity contribution in [1.82, 2.24) is 42.1 Å². The number of hydrogen-bond donors (Lipinski definition) is 12. The van der Waals surface area contributed by atoms with Crippen molar-refractivity contribution < 1.29 is 58.2 Å². The summed E-state index contributed by atoms with van der Waals surface area (Å²) in [7, 11) is 1.90. The van der Waals surface area contributed by atoms with Crippen LogP contribution in [0.4, 0.5) is 0 Å². The number of benzene rings is 2. The average Bonchev–Trinajstić information content (AvgIpc) is 3.83. The number of primary amides is 2. The van der Waals surface area contributed by atoms with Crippen molar-refractivity contribution in [2.75, 3.05) is 31.1 Å². The molecular formula is C47H67N11O12S2. The molecule has 0 spiro atoms. The van der Waals surface area contributed by atoms with Crippen LogP contribution in [0.5, 0.6) is 5.75 Å². The highest BCUT2D eigenvalue weighted by molar-refractivity contribution is 8.76. The monoisotopic (exact) mass is 1040 g/mol. The van der Waals surface area contributed by atoms with Gasteiger partial charge in [-0.2, -0.15) is 0 Å². The van der Waals surface area contributed by atoms with E-state index in [0.29, 0.717) is 36.9 Å². The van der Waals surface area contributed by atoms with E-state index >= 15 is 0 Å². The molecular weight excluding hydrogens is 975 g/mol. The fourth-order valence-electron chi connectivity index (χ4n) is 7.92. The van der Waals surface area contributed by atoms with E-state index in [1.807, 2.05) is 0 Å². The number of rotatable bonds is 18. The van der Waals surface area contributed by atoms with E-state index in [0.717, 1.165) is 21.6 Å². The van der Waals surface area contributed by atoms with Crippen LogP contribution in [0.3, 0.4) is 0 Å². The smallest absolute Gasteiger partial charge is 0.250 e. The van der Waals surface area contributed by atoms with Crippen LogP contribution >= 0.6 is 21.6 Å². The summed E-state index contributed by atoms with van der Waals surface area (Å²) in [6.45, 7) is 3.44. The highest BCUT2D eigenvalue weighted by Crippen LogP contribution is 2.26. The molecule has 2 heterocycles. The Hall–Kier alpha value is -6.44. The molecule has 72 heavy (non-hydrogen) atoms. The van der Waals surface area contributed by atoms with E-state index in [2.05, 4.69) is 37.2 Å². The van der Waals surface area contributed by atoms with Crippen molar-refractivity contribution in [1.29, 1.82) is 0 Å². The Labute approximate surface area is 425 Å². The van der Waals surface area contributed by atoms with Gasteiger partial charge in [-0.05, 0) is 74.2 Å². The van der Waals surface area contributed by atoms with Crippen LogP contribution in [-0.4, -0.2) is 154 Å². The van der Waals surface area contributed by atoms with Gasteiger partial charge >= 0.3 is 0 Å². The number of hydrogen-bond acceptors (Lipinski definition) is 15. The van der Waals surface area contributed by atoms with E-state index < -0.39 is 120 Å².